The molecule has 6 rings (SSSR count). The van der Waals surface area contributed by atoms with Crippen LogP contribution in [0.3, 0.4) is 0 Å². The summed E-state index contributed by atoms with van der Waals surface area (Å²) in [4.78, 5) is 28.0. The van der Waals surface area contributed by atoms with Gasteiger partial charge in [-0.2, -0.15) is 5.10 Å². The largest absolute Gasteiger partial charge is 0.493 e. The first-order chi connectivity index (χ1) is 22.8. The van der Waals surface area contributed by atoms with Crippen molar-refractivity contribution in [1.82, 2.24) is 25.1 Å². The molecule has 0 saturated carbocycles. The highest BCUT2D eigenvalue weighted by atomic mass is 32.2. The van der Waals surface area contributed by atoms with Gasteiger partial charge in [0.15, 0.2) is 22.5 Å². The Morgan fingerprint density at radius 3 is 2.47 bits per heavy atom. The SMILES string of the molecule is COc1ccc(C(=O)NCc2nnc(SCC(=O)N3N=C(c4cccs4)CC3c3ccc(C)cc3)n2-c2cccc(C)c2)cc1OC. The summed E-state index contributed by atoms with van der Waals surface area (Å²) in [6.45, 7) is 4.16. The summed E-state index contributed by atoms with van der Waals surface area (Å²) in [6, 6.07) is 25.0. The topological polar surface area (TPSA) is 111 Å². The molecule has 1 atom stereocenters. The standard InChI is InChI=1S/C35H34N6O4S2/c1-22-10-12-24(13-11-22)28-19-27(31-9-6-16-46-31)39-41(28)33(42)21-47-35-38-37-32(40(35)26-8-5-7-23(2)17-26)20-36-34(43)25-14-15-29(44-3)30(18-25)45-4/h5-18,28H,19-21H2,1-4H3,(H,36,43). The van der Waals surface area contributed by atoms with Gasteiger partial charge in [-0.15, -0.1) is 21.5 Å². The quantitative estimate of drug-likeness (QED) is 0.163. The van der Waals surface area contributed by atoms with Crippen LogP contribution in [0.25, 0.3) is 5.69 Å². The lowest BCUT2D eigenvalue weighted by Crippen LogP contribution is -2.28. The number of thioether (sulfide) groups is 1. The van der Waals surface area contributed by atoms with Gasteiger partial charge in [0, 0.05) is 17.7 Å². The summed E-state index contributed by atoms with van der Waals surface area (Å²) < 4.78 is 12.5. The second-order valence-corrected chi connectivity index (χ2v) is 12.9. The van der Waals surface area contributed by atoms with Crippen LogP contribution in [0, 0.1) is 13.8 Å². The number of rotatable bonds is 11. The number of benzene rings is 3. The Hall–Kier alpha value is -4.94. The van der Waals surface area contributed by atoms with E-state index in [4.69, 9.17) is 14.6 Å². The Balaban J connectivity index is 1.23. The Kier molecular flexibility index (Phi) is 9.69. The molecular weight excluding hydrogens is 633 g/mol. The lowest BCUT2D eigenvalue weighted by atomic mass is 10.00. The van der Waals surface area contributed by atoms with Gasteiger partial charge in [0.05, 0.1) is 43.1 Å². The van der Waals surface area contributed by atoms with Gasteiger partial charge in [-0.25, -0.2) is 5.01 Å². The fraction of sp³-hybridized carbons (Fsp3) is 0.229. The number of methoxy groups -OCH3 is 2. The van der Waals surface area contributed by atoms with Crippen LogP contribution in [-0.2, 0) is 11.3 Å². The maximum absolute atomic E-state index is 13.8. The molecule has 0 aliphatic carbocycles. The van der Waals surface area contributed by atoms with E-state index in [9.17, 15) is 9.59 Å². The summed E-state index contributed by atoms with van der Waals surface area (Å²) in [5.74, 6) is 1.19. The maximum atomic E-state index is 13.8. The number of nitrogens with zero attached hydrogens (tertiary/aromatic N) is 5. The van der Waals surface area contributed by atoms with E-state index in [0.717, 1.165) is 33.0 Å². The summed E-state index contributed by atoms with van der Waals surface area (Å²) in [5, 5.41) is 20.8. The molecule has 0 spiro atoms. The molecule has 1 N–H and O–H groups in total. The monoisotopic (exact) mass is 666 g/mol. The molecule has 2 amide bonds. The molecule has 240 valence electrons. The second kappa shape index (κ2) is 14.2. The number of carbonyl (C=O) groups is 2. The van der Waals surface area contributed by atoms with Crippen LogP contribution in [0.15, 0.2) is 94.5 Å². The highest BCUT2D eigenvalue weighted by Gasteiger charge is 2.33. The number of ether oxygens (including phenoxy) is 2. The number of aryl methyl sites for hydroxylation is 2. The molecule has 2 aromatic heterocycles. The zero-order valence-electron chi connectivity index (χ0n) is 26.5. The van der Waals surface area contributed by atoms with Gasteiger partial charge >= 0.3 is 0 Å². The maximum Gasteiger partial charge on any atom is 0.253 e. The van der Waals surface area contributed by atoms with Crippen LogP contribution >= 0.6 is 23.1 Å². The second-order valence-electron chi connectivity index (χ2n) is 11.0. The zero-order valence-corrected chi connectivity index (χ0v) is 28.1. The minimum Gasteiger partial charge on any atom is -0.493 e. The van der Waals surface area contributed by atoms with Crippen molar-refractivity contribution in [2.75, 3.05) is 20.0 Å². The lowest BCUT2D eigenvalue weighted by molar-refractivity contribution is -0.130. The van der Waals surface area contributed by atoms with Crippen molar-refractivity contribution in [3.63, 3.8) is 0 Å². The van der Waals surface area contributed by atoms with Crippen LogP contribution in [0.2, 0.25) is 0 Å². The first kappa shape index (κ1) is 32.0. The lowest BCUT2D eigenvalue weighted by Gasteiger charge is -2.22. The van der Waals surface area contributed by atoms with Crippen LogP contribution in [0.4, 0.5) is 0 Å². The molecular formula is C35H34N6O4S2. The first-order valence-electron chi connectivity index (χ1n) is 15.0. The van der Waals surface area contributed by atoms with Crippen molar-refractivity contribution in [3.8, 4) is 17.2 Å². The number of aromatic nitrogens is 3. The van der Waals surface area contributed by atoms with E-state index < -0.39 is 0 Å². The van der Waals surface area contributed by atoms with E-state index >= 15 is 0 Å². The molecule has 5 aromatic rings. The molecule has 0 bridgehead atoms. The van der Waals surface area contributed by atoms with E-state index in [1.165, 1.54) is 18.9 Å². The molecule has 1 aliphatic rings. The van der Waals surface area contributed by atoms with E-state index in [-0.39, 0.29) is 30.2 Å². The third-order valence-electron chi connectivity index (χ3n) is 7.77. The molecule has 1 unspecified atom stereocenters. The molecule has 3 aromatic carbocycles. The van der Waals surface area contributed by atoms with E-state index in [1.807, 2.05) is 60.2 Å². The van der Waals surface area contributed by atoms with Gasteiger partial charge in [-0.3, -0.25) is 14.2 Å². The molecule has 12 heteroatoms. The van der Waals surface area contributed by atoms with Gasteiger partial charge < -0.3 is 14.8 Å². The molecule has 0 fully saturated rings. The fourth-order valence-corrected chi connectivity index (χ4v) is 6.89. The van der Waals surface area contributed by atoms with Crippen LogP contribution < -0.4 is 14.8 Å². The average molecular weight is 667 g/mol. The van der Waals surface area contributed by atoms with Crippen molar-refractivity contribution < 1.29 is 19.1 Å². The Labute approximate surface area is 281 Å². The number of carbonyl (C=O) groups excluding carboxylic acids is 2. The van der Waals surface area contributed by atoms with Crippen LogP contribution in [0.1, 0.15) is 50.2 Å². The number of hydrazone groups is 1. The van der Waals surface area contributed by atoms with E-state index in [2.05, 4.69) is 39.8 Å². The third-order valence-corrected chi connectivity index (χ3v) is 9.60. The fourth-order valence-electron chi connectivity index (χ4n) is 5.35. The minimum atomic E-state index is -0.301. The summed E-state index contributed by atoms with van der Waals surface area (Å²) in [7, 11) is 3.07. The smallest absolute Gasteiger partial charge is 0.253 e. The number of hydrogen-bond acceptors (Lipinski definition) is 9. The number of amides is 2. The predicted octanol–water partition coefficient (Wildman–Crippen LogP) is 6.36. The van der Waals surface area contributed by atoms with Crippen molar-refractivity contribution in [2.45, 2.75) is 38.0 Å². The van der Waals surface area contributed by atoms with Crippen molar-refractivity contribution in [1.29, 1.82) is 0 Å². The van der Waals surface area contributed by atoms with E-state index in [1.54, 1.807) is 41.7 Å². The number of hydrogen-bond donors (Lipinski definition) is 1. The molecule has 0 saturated heterocycles. The Morgan fingerprint density at radius 1 is 0.936 bits per heavy atom. The van der Waals surface area contributed by atoms with Gasteiger partial charge in [-0.1, -0.05) is 59.8 Å². The minimum absolute atomic E-state index is 0.103. The summed E-state index contributed by atoms with van der Waals surface area (Å²) in [5.41, 5.74) is 5.40. The number of nitrogens with one attached hydrogen (secondary N) is 1. The first-order valence-corrected chi connectivity index (χ1v) is 16.9. The van der Waals surface area contributed by atoms with Gasteiger partial charge in [0.1, 0.15) is 0 Å². The molecule has 3 heterocycles. The average Bonchev–Trinajstić information content (AvgIpc) is 3.86. The molecule has 47 heavy (non-hydrogen) atoms. The predicted molar refractivity (Wildman–Crippen MR) is 184 cm³/mol. The van der Waals surface area contributed by atoms with Crippen molar-refractivity contribution in [3.05, 3.63) is 117 Å². The highest BCUT2D eigenvalue weighted by Crippen LogP contribution is 2.35. The molecule has 0 radical (unpaired) electrons. The number of thiophene rings is 1. The van der Waals surface area contributed by atoms with Crippen molar-refractivity contribution in [2.24, 2.45) is 5.10 Å². The van der Waals surface area contributed by atoms with Crippen LogP contribution in [-0.4, -0.2) is 57.3 Å². The van der Waals surface area contributed by atoms with Crippen LogP contribution in [0.5, 0.6) is 11.5 Å². The van der Waals surface area contributed by atoms with Gasteiger partial charge in [-0.05, 0) is 66.8 Å². The van der Waals surface area contributed by atoms with Gasteiger partial charge in [0.2, 0.25) is 0 Å². The Morgan fingerprint density at radius 2 is 1.74 bits per heavy atom. The van der Waals surface area contributed by atoms with E-state index in [0.29, 0.717) is 34.5 Å². The zero-order chi connectivity index (χ0) is 32.9. The summed E-state index contributed by atoms with van der Waals surface area (Å²) in [6.07, 6.45) is 0.642. The van der Waals surface area contributed by atoms with Gasteiger partial charge in [0.25, 0.3) is 11.8 Å². The van der Waals surface area contributed by atoms with Crippen molar-refractivity contribution >= 4 is 40.6 Å². The molecule has 1 aliphatic heterocycles. The third kappa shape index (κ3) is 7.08. The molecule has 10 nitrogen and oxygen atoms in total. The summed E-state index contributed by atoms with van der Waals surface area (Å²) >= 11 is 2.91. The Bertz CT molecular complexity index is 1920. The normalized spacial score (nSPS) is 14.2. The highest BCUT2D eigenvalue weighted by molar-refractivity contribution is 7.99.